The van der Waals surface area contributed by atoms with Crippen LogP contribution in [0, 0.1) is 17.9 Å². The Bertz CT molecular complexity index is 1880. The van der Waals surface area contributed by atoms with Crippen LogP contribution >= 0.6 is 34.7 Å². The molecular formula is C34H33ClN8O4S2. The first-order chi connectivity index (χ1) is 23.7. The fraction of sp³-hybridized carbons (Fsp3) is 0.294. The van der Waals surface area contributed by atoms with Gasteiger partial charge in [0.15, 0.2) is 0 Å². The van der Waals surface area contributed by atoms with Crippen LogP contribution in [-0.4, -0.2) is 60.4 Å². The zero-order chi connectivity index (χ0) is 34.9. The lowest BCUT2D eigenvalue weighted by Gasteiger charge is -2.22. The van der Waals surface area contributed by atoms with Gasteiger partial charge in [0.05, 0.1) is 17.8 Å². The van der Waals surface area contributed by atoms with Gasteiger partial charge in [-0.1, -0.05) is 47.6 Å². The number of hydrogen-bond acceptors (Lipinski definition) is 12. The lowest BCUT2D eigenvalue weighted by Crippen LogP contribution is -2.51. The maximum absolute atomic E-state index is 12.1. The van der Waals surface area contributed by atoms with Crippen molar-refractivity contribution < 1.29 is 19.1 Å². The molecule has 12 nitrogen and oxygen atoms in total. The monoisotopic (exact) mass is 716 g/mol. The van der Waals surface area contributed by atoms with Crippen molar-refractivity contribution >= 4 is 58.1 Å². The number of halogens is 1. The zero-order valence-corrected chi connectivity index (χ0v) is 28.9. The minimum Gasteiger partial charge on any atom is -0.490 e. The molecule has 15 heteroatoms. The number of carbonyl (C=O) groups excluding carboxylic acids is 2. The number of aromatic nitrogens is 2. The molecule has 1 aliphatic heterocycles. The van der Waals surface area contributed by atoms with Gasteiger partial charge < -0.3 is 31.2 Å². The lowest BCUT2D eigenvalue weighted by atomic mass is 9.99. The molecule has 1 amide bonds. The Kier molecular flexibility index (Phi) is 12.1. The third-order valence-corrected chi connectivity index (χ3v) is 9.70. The van der Waals surface area contributed by atoms with E-state index in [-0.39, 0.29) is 13.2 Å². The molecule has 0 unspecified atom stereocenters. The number of esters is 1. The molecule has 2 aromatic heterocycles. The number of rotatable bonds is 13. The number of hydrogen-bond donors (Lipinski definition) is 3. The number of nitrogens with zero attached hydrogens (tertiary/aromatic N) is 5. The van der Waals surface area contributed by atoms with Crippen LogP contribution in [0.2, 0.25) is 5.02 Å². The molecule has 1 atom stereocenters. The summed E-state index contributed by atoms with van der Waals surface area (Å²) in [6.45, 7) is 11.1. The van der Waals surface area contributed by atoms with Crippen LogP contribution in [-0.2, 0) is 20.1 Å². The molecule has 5 rings (SSSR count). The fourth-order valence-corrected chi connectivity index (χ4v) is 6.97. The molecular weight excluding hydrogens is 684 g/mol. The first kappa shape index (κ1) is 35.6. The third-order valence-electron chi connectivity index (χ3n) is 7.50. The highest BCUT2D eigenvalue weighted by Gasteiger charge is 2.27. The number of anilines is 1. The minimum absolute atomic E-state index is 0.0553. The molecule has 252 valence electrons. The molecule has 0 radical (unpaired) electrons. The van der Waals surface area contributed by atoms with Crippen LogP contribution in [0.4, 0.5) is 11.5 Å². The van der Waals surface area contributed by atoms with Crippen molar-refractivity contribution in [1.82, 2.24) is 15.3 Å². The molecule has 2 aromatic carbocycles. The van der Waals surface area contributed by atoms with Gasteiger partial charge in [-0.25, -0.2) is 19.6 Å². The number of carbonyl (C=O) groups is 2. The van der Waals surface area contributed by atoms with E-state index >= 15 is 0 Å². The normalized spacial score (nSPS) is 13.1. The predicted octanol–water partition coefficient (Wildman–Crippen LogP) is 5.51. The summed E-state index contributed by atoms with van der Waals surface area (Å²) in [4.78, 5) is 39.4. The molecule has 0 spiro atoms. The topological polar surface area (TPSA) is 174 Å². The average Bonchev–Trinajstić information content (AvgIpc) is 3.82. The summed E-state index contributed by atoms with van der Waals surface area (Å²) >= 11 is 9.00. The Morgan fingerprint density at radius 1 is 1.12 bits per heavy atom. The first-order valence-electron chi connectivity index (χ1n) is 15.3. The summed E-state index contributed by atoms with van der Waals surface area (Å²) in [6.07, 6.45) is 0.763. The van der Waals surface area contributed by atoms with Gasteiger partial charge in [-0.3, -0.25) is 4.79 Å². The molecule has 1 fully saturated rings. The molecule has 0 aliphatic carbocycles. The summed E-state index contributed by atoms with van der Waals surface area (Å²) in [7, 11) is 0. The van der Waals surface area contributed by atoms with Crippen molar-refractivity contribution in [2.75, 3.05) is 31.2 Å². The number of thiazole rings is 1. The van der Waals surface area contributed by atoms with Gasteiger partial charge in [0.2, 0.25) is 5.69 Å². The van der Waals surface area contributed by atoms with E-state index in [2.05, 4.69) is 21.1 Å². The Morgan fingerprint density at radius 3 is 2.47 bits per heavy atom. The maximum atomic E-state index is 12.1. The standard InChI is InChI=1S/C34H33ClN8O4S2/c1-20(40-31(44)29(37)38)34(45)47-16-15-46-25-11-7-21(8-12-25)27-26(17-36)33(42-30(28(27)39-2)43-13-3-4-14-43)49-19-24-18-48-32(41-24)22-5-9-23(35)10-6-22/h5-12,18,20,29H,3-4,13-16,19,37-38H2,1H3,(H,40,44)/t20-/m0/s1. The summed E-state index contributed by atoms with van der Waals surface area (Å²) in [6, 6.07) is 16.0. The van der Waals surface area contributed by atoms with E-state index in [9.17, 15) is 14.9 Å². The van der Waals surface area contributed by atoms with Gasteiger partial charge in [0, 0.05) is 40.4 Å². The van der Waals surface area contributed by atoms with Crippen LogP contribution in [0.1, 0.15) is 31.0 Å². The van der Waals surface area contributed by atoms with Gasteiger partial charge in [-0.15, -0.1) is 11.3 Å². The Hall–Kier alpha value is -4.70. The molecule has 1 aliphatic rings. The lowest BCUT2D eigenvalue weighted by molar-refractivity contribution is -0.148. The second kappa shape index (κ2) is 16.6. The summed E-state index contributed by atoms with van der Waals surface area (Å²) < 4.78 is 10.9. The number of nitrogens with two attached hydrogens (primary N) is 2. The second-order valence-electron chi connectivity index (χ2n) is 11.0. The Balaban J connectivity index is 1.33. The van der Waals surface area contributed by atoms with Crippen molar-refractivity contribution in [2.45, 2.75) is 42.8 Å². The summed E-state index contributed by atoms with van der Waals surface area (Å²) in [5, 5.41) is 16.8. The quantitative estimate of drug-likeness (QED) is 0.0523. The fourth-order valence-electron chi connectivity index (χ4n) is 5.04. The summed E-state index contributed by atoms with van der Waals surface area (Å²) in [5.41, 5.74) is 14.3. The van der Waals surface area contributed by atoms with Crippen molar-refractivity contribution in [3.63, 3.8) is 0 Å². The summed E-state index contributed by atoms with van der Waals surface area (Å²) in [5.74, 6) is 0.246. The molecule has 0 bridgehead atoms. The highest BCUT2D eigenvalue weighted by Crippen LogP contribution is 2.45. The number of pyridine rings is 1. The van der Waals surface area contributed by atoms with Crippen LogP contribution in [0.3, 0.4) is 0 Å². The van der Waals surface area contributed by atoms with E-state index in [1.54, 1.807) is 24.3 Å². The van der Waals surface area contributed by atoms with Gasteiger partial charge in [-0.05, 0) is 49.6 Å². The molecule has 4 aromatic rings. The first-order valence-corrected chi connectivity index (χ1v) is 17.6. The number of amides is 1. The maximum Gasteiger partial charge on any atom is 0.328 e. The number of thioether (sulfide) groups is 1. The number of ether oxygens (including phenoxy) is 2. The third kappa shape index (κ3) is 8.86. The Labute approximate surface area is 297 Å². The largest absolute Gasteiger partial charge is 0.490 e. The number of benzene rings is 2. The van der Waals surface area contributed by atoms with Gasteiger partial charge in [0.1, 0.15) is 53.1 Å². The van der Waals surface area contributed by atoms with E-state index in [0.717, 1.165) is 42.2 Å². The zero-order valence-electron chi connectivity index (χ0n) is 26.5. The smallest absolute Gasteiger partial charge is 0.328 e. The van der Waals surface area contributed by atoms with E-state index in [1.807, 2.05) is 29.6 Å². The molecule has 1 saturated heterocycles. The minimum atomic E-state index is -1.24. The Morgan fingerprint density at radius 2 is 1.82 bits per heavy atom. The highest BCUT2D eigenvalue weighted by atomic mass is 35.5. The molecule has 0 saturated carbocycles. The number of nitrogens with one attached hydrogen (secondary N) is 1. The predicted molar refractivity (Wildman–Crippen MR) is 190 cm³/mol. The van der Waals surface area contributed by atoms with Crippen molar-refractivity contribution in [2.24, 2.45) is 11.5 Å². The molecule has 49 heavy (non-hydrogen) atoms. The van der Waals surface area contributed by atoms with Gasteiger partial charge in [0.25, 0.3) is 5.91 Å². The average molecular weight is 717 g/mol. The van der Waals surface area contributed by atoms with E-state index in [1.165, 1.54) is 30.0 Å². The SMILES string of the molecule is [C-]#[N+]c1c(N2CCCC2)nc(SCc2csc(-c3ccc(Cl)cc3)n2)c(C#N)c1-c1ccc(OCCOC(=O)[C@H](C)NC(=O)C(N)N)cc1. The highest BCUT2D eigenvalue weighted by molar-refractivity contribution is 7.98. The van der Waals surface area contributed by atoms with Crippen molar-refractivity contribution in [1.29, 1.82) is 5.26 Å². The van der Waals surface area contributed by atoms with E-state index in [0.29, 0.717) is 49.7 Å². The van der Waals surface area contributed by atoms with Crippen molar-refractivity contribution in [3.05, 3.63) is 81.6 Å². The van der Waals surface area contributed by atoms with E-state index in [4.69, 9.17) is 49.1 Å². The van der Waals surface area contributed by atoms with Gasteiger partial charge >= 0.3 is 5.97 Å². The molecule has 5 N–H and O–H groups in total. The second-order valence-corrected chi connectivity index (χ2v) is 13.3. The van der Waals surface area contributed by atoms with Crippen LogP contribution in [0.25, 0.3) is 26.5 Å². The van der Waals surface area contributed by atoms with Crippen molar-refractivity contribution in [3.8, 4) is 33.5 Å². The van der Waals surface area contributed by atoms with Crippen LogP contribution < -0.4 is 26.4 Å². The van der Waals surface area contributed by atoms with Crippen LogP contribution in [0.15, 0.2) is 58.9 Å². The molecule has 3 heterocycles. The number of nitriles is 1. The van der Waals surface area contributed by atoms with Crippen LogP contribution in [0.5, 0.6) is 5.75 Å². The van der Waals surface area contributed by atoms with E-state index < -0.39 is 24.1 Å². The van der Waals surface area contributed by atoms with Gasteiger partial charge in [-0.2, -0.15) is 5.26 Å².